The fourth-order valence-corrected chi connectivity index (χ4v) is 2.65. The first kappa shape index (κ1) is 21.1. The largest absolute Gasteiger partial charge is 0.484 e. The first-order valence-electron chi connectivity index (χ1n) is 9.13. The first-order valence-corrected chi connectivity index (χ1v) is 9.50. The van der Waals surface area contributed by atoms with Crippen molar-refractivity contribution in [1.82, 2.24) is 5.43 Å². The number of esters is 1. The molecule has 154 valence electrons. The van der Waals surface area contributed by atoms with Crippen LogP contribution in [0.4, 0.5) is 0 Å². The van der Waals surface area contributed by atoms with E-state index in [-0.39, 0.29) is 12.6 Å². The van der Waals surface area contributed by atoms with Crippen molar-refractivity contribution in [2.24, 2.45) is 5.10 Å². The number of furan rings is 1. The minimum absolute atomic E-state index is 0.200. The second-order valence-corrected chi connectivity index (χ2v) is 6.48. The van der Waals surface area contributed by atoms with Crippen LogP contribution in [0, 0.1) is 0 Å². The number of carbonyl (C=O) groups excluding carboxylic acids is 2. The normalized spacial score (nSPS) is 10.7. The lowest BCUT2D eigenvalue weighted by Crippen LogP contribution is -2.24. The molecule has 1 aromatic heterocycles. The zero-order chi connectivity index (χ0) is 21.3. The maximum absolute atomic E-state index is 11.8. The Hall–Kier alpha value is -3.58. The molecule has 0 saturated carbocycles. The molecule has 0 aliphatic carbocycles. The Morgan fingerprint density at radius 1 is 1.13 bits per heavy atom. The zero-order valence-electron chi connectivity index (χ0n) is 16.1. The number of ether oxygens (including phenoxy) is 2. The number of hydrogen-bond donors (Lipinski definition) is 1. The van der Waals surface area contributed by atoms with Crippen molar-refractivity contribution in [2.45, 2.75) is 6.92 Å². The molecule has 1 amide bonds. The topological polar surface area (TPSA) is 90.1 Å². The van der Waals surface area contributed by atoms with E-state index in [2.05, 4.69) is 10.5 Å². The Kier molecular flexibility index (Phi) is 7.24. The zero-order valence-corrected chi connectivity index (χ0v) is 16.9. The monoisotopic (exact) mass is 426 g/mol. The van der Waals surface area contributed by atoms with E-state index < -0.39 is 5.91 Å². The van der Waals surface area contributed by atoms with Crippen LogP contribution in [0.5, 0.6) is 5.75 Å². The van der Waals surface area contributed by atoms with Crippen molar-refractivity contribution >= 4 is 29.7 Å². The summed E-state index contributed by atoms with van der Waals surface area (Å²) in [5.74, 6) is 0.753. The van der Waals surface area contributed by atoms with Crippen molar-refractivity contribution in [3.05, 3.63) is 77.0 Å². The van der Waals surface area contributed by atoms with E-state index in [1.807, 2.05) is 0 Å². The van der Waals surface area contributed by atoms with Gasteiger partial charge in [-0.2, -0.15) is 5.10 Å². The van der Waals surface area contributed by atoms with Gasteiger partial charge in [0.25, 0.3) is 5.91 Å². The average molecular weight is 427 g/mol. The number of hydrogen-bond acceptors (Lipinski definition) is 6. The Labute approximate surface area is 178 Å². The van der Waals surface area contributed by atoms with Gasteiger partial charge in [-0.25, -0.2) is 10.2 Å². The number of amides is 1. The number of benzene rings is 2. The highest BCUT2D eigenvalue weighted by molar-refractivity contribution is 6.30. The van der Waals surface area contributed by atoms with Gasteiger partial charge in [0, 0.05) is 10.6 Å². The van der Waals surface area contributed by atoms with Gasteiger partial charge in [0.15, 0.2) is 6.61 Å². The maximum atomic E-state index is 11.8. The Balaban J connectivity index is 1.51. The Bertz CT molecular complexity index is 1040. The molecule has 0 radical (unpaired) electrons. The summed E-state index contributed by atoms with van der Waals surface area (Å²) >= 11 is 5.86. The van der Waals surface area contributed by atoms with E-state index in [1.165, 1.54) is 6.21 Å². The summed E-state index contributed by atoms with van der Waals surface area (Å²) in [5, 5.41) is 4.37. The molecule has 3 rings (SSSR count). The van der Waals surface area contributed by atoms with Crippen LogP contribution in [-0.2, 0) is 9.53 Å². The Morgan fingerprint density at radius 2 is 1.93 bits per heavy atom. The van der Waals surface area contributed by atoms with E-state index in [0.29, 0.717) is 34.5 Å². The molecule has 0 saturated heterocycles. The highest BCUT2D eigenvalue weighted by Crippen LogP contribution is 2.22. The highest BCUT2D eigenvalue weighted by Gasteiger charge is 2.08. The molecule has 7 nitrogen and oxygen atoms in total. The van der Waals surface area contributed by atoms with Crippen molar-refractivity contribution in [1.29, 1.82) is 0 Å². The van der Waals surface area contributed by atoms with Gasteiger partial charge in [-0.3, -0.25) is 4.79 Å². The number of rotatable bonds is 8. The molecular weight excluding hydrogens is 408 g/mol. The molecular formula is C22H19ClN2O5. The summed E-state index contributed by atoms with van der Waals surface area (Å²) < 4.78 is 16.0. The Morgan fingerprint density at radius 3 is 2.67 bits per heavy atom. The van der Waals surface area contributed by atoms with Crippen molar-refractivity contribution in [2.75, 3.05) is 13.2 Å². The number of nitrogens with zero attached hydrogens (tertiary/aromatic N) is 1. The van der Waals surface area contributed by atoms with E-state index in [0.717, 1.165) is 5.56 Å². The van der Waals surface area contributed by atoms with E-state index in [4.69, 9.17) is 25.5 Å². The summed E-state index contributed by atoms with van der Waals surface area (Å²) in [5.41, 5.74) is 3.62. The van der Waals surface area contributed by atoms with Gasteiger partial charge in [-0.1, -0.05) is 29.8 Å². The molecule has 30 heavy (non-hydrogen) atoms. The maximum Gasteiger partial charge on any atom is 0.338 e. The molecule has 1 heterocycles. The summed E-state index contributed by atoms with van der Waals surface area (Å²) in [7, 11) is 0. The summed E-state index contributed by atoms with van der Waals surface area (Å²) in [6, 6.07) is 17.1. The number of carbonyl (C=O) groups is 2. The van der Waals surface area contributed by atoms with E-state index in [1.54, 1.807) is 67.6 Å². The first-order chi connectivity index (χ1) is 14.5. The van der Waals surface area contributed by atoms with Gasteiger partial charge in [-0.15, -0.1) is 0 Å². The number of nitrogens with one attached hydrogen (secondary N) is 1. The van der Waals surface area contributed by atoms with Gasteiger partial charge in [0.1, 0.15) is 17.3 Å². The molecule has 0 aliphatic rings. The molecule has 1 N–H and O–H groups in total. The van der Waals surface area contributed by atoms with Crippen LogP contribution >= 0.6 is 11.6 Å². The standard InChI is InChI=1S/C22H19ClN2O5/c1-2-28-22(27)16-8-6-15(7-9-16)20-11-10-19(30-20)13-24-25-21(26)14-29-18-5-3-4-17(23)12-18/h3-13H,2,14H2,1H3,(H,25,26)/b24-13+. The fourth-order valence-electron chi connectivity index (χ4n) is 2.47. The molecule has 0 fully saturated rings. The molecule has 0 aliphatic heterocycles. The average Bonchev–Trinajstić information content (AvgIpc) is 3.21. The summed E-state index contributed by atoms with van der Waals surface area (Å²) in [6.07, 6.45) is 1.38. The molecule has 0 atom stereocenters. The minimum atomic E-state index is -0.424. The third-order valence-corrected chi connectivity index (χ3v) is 4.09. The second-order valence-electron chi connectivity index (χ2n) is 6.04. The van der Waals surface area contributed by atoms with Crippen LogP contribution in [0.15, 0.2) is 70.2 Å². The smallest absolute Gasteiger partial charge is 0.338 e. The predicted octanol–water partition coefficient (Wildman–Crippen LogP) is 4.31. The van der Waals surface area contributed by atoms with E-state index in [9.17, 15) is 9.59 Å². The van der Waals surface area contributed by atoms with Crippen LogP contribution in [0.25, 0.3) is 11.3 Å². The minimum Gasteiger partial charge on any atom is -0.484 e. The van der Waals surface area contributed by atoms with Gasteiger partial charge in [0.05, 0.1) is 18.4 Å². The molecule has 0 spiro atoms. The van der Waals surface area contributed by atoms with Crippen LogP contribution in [-0.4, -0.2) is 31.3 Å². The number of hydrazone groups is 1. The third-order valence-electron chi connectivity index (χ3n) is 3.85. The second kappa shape index (κ2) is 10.3. The lowest BCUT2D eigenvalue weighted by Gasteiger charge is -2.04. The van der Waals surface area contributed by atoms with Crippen LogP contribution < -0.4 is 10.2 Å². The lowest BCUT2D eigenvalue weighted by atomic mass is 10.1. The van der Waals surface area contributed by atoms with Crippen molar-refractivity contribution in [3.8, 4) is 17.1 Å². The van der Waals surface area contributed by atoms with Gasteiger partial charge in [0.2, 0.25) is 0 Å². The fraction of sp³-hybridized carbons (Fsp3) is 0.136. The van der Waals surface area contributed by atoms with Gasteiger partial charge >= 0.3 is 5.97 Å². The van der Waals surface area contributed by atoms with Crippen molar-refractivity contribution in [3.63, 3.8) is 0 Å². The quantitative estimate of drug-likeness (QED) is 0.329. The van der Waals surface area contributed by atoms with Crippen LogP contribution in [0.3, 0.4) is 0 Å². The van der Waals surface area contributed by atoms with Gasteiger partial charge < -0.3 is 13.9 Å². The number of halogens is 1. The predicted molar refractivity (Wildman–Crippen MR) is 113 cm³/mol. The molecule has 0 unspecified atom stereocenters. The molecule has 3 aromatic rings. The summed E-state index contributed by atoms with van der Waals surface area (Å²) in [4.78, 5) is 23.5. The van der Waals surface area contributed by atoms with Crippen LogP contribution in [0.1, 0.15) is 23.0 Å². The van der Waals surface area contributed by atoms with Crippen molar-refractivity contribution < 1.29 is 23.5 Å². The molecule has 2 aromatic carbocycles. The SMILES string of the molecule is CCOC(=O)c1ccc(-c2ccc(/C=N/NC(=O)COc3cccc(Cl)c3)o2)cc1. The highest BCUT2D eigenvalue weighted by atomic mass is 35.5. The third kappa shape index (κ3) is 5.96. The lowest BCUT2D eigenvalue weighted by molar-refractivity contribution is -0.123. The summed E-state index contributed by atoms with van der Waals surface area (Å²) in [6.45, 7) is 1.88. The van der Waals surface area contributed by atoms with Gasteiger partial charge in [-0.05, 0) is 49.4 Å². The molecule has 0 bridgehead atoms. The van der Waals surface area contributed by atoms with Crippen LogP contribution in [0.2, 0.25) is 5.02 Å². The van der Waals surface area contributed by atoms with E-state index >= 15 is 0 Å². The molecule has 8 heteroatoms.